The number of aryl methyl sites for hydroxylation is 1. The third-order valence-electron chi connectivity index (χ3n) is 3.72. The number of pyridine rings is 1. The van der Waals surface area contributed by atoms with Gasteiger partial charge in [-0.1, -0.05) is 52.5 Å². The lowest BCUT2D eigenvalue weighted by Crippen LogP contribution is -2.10. The summed E-state index contributed by atoms with van der Waals surface area (Å²) in [7, 11) is 0. The zero-order chi connectivity index (χ0) is 13.4. The van der Waals surface area contributed by atoms with Crippen LogP contribution in [0.2, 0.25) is 0 Å². The molecule has 0 aliphatic heterocycles. The second-order valence-corrected chi connectivity index (χ2v) is 5.07. The summed E-state index contributed by atoms with van der Waals surface area (Å²) in [6.07, 6.45) is 8.02. The highest BCUT2D eigenvalue weighted by Crippen LogP contribution is 2.27. The molecule has 2 atom stereocenters. The minimum Gasteiger partial charge on any atom is -0.387 e. The van der Waals surface area contributed by atoms with E-state index in [9.17, 15) is 5.11 Å². The van der Waals surface area contributed by atoms with E-state index in [1.165, 1.54) is 24.8 Å². The van der Waals surface area contributed by atoms with Crippen molar-refractivity contribution < 1.29 is 5.11 Å². The van der Waals surface area contributed by atoms with E-state index in [0.717, 1.165) is 25.0 Å². The van der Waals surface area contributed by atoms with Crippen LogP contribution < -0.4 is 0 Å². The molecule has 0 aromatic carbocycles. The van der Waals surface area contributed by atoms with E-state index in [1.54, 1.807) is 6.20 Å². The molecule has 102 valence electrons. The van der Waals surface area contributed by atoms with Crippen molar-refractivity contribution in [2.24, 2.45) is 5.92 Å². The lowest BCUT2D eigenvalue weighted by molar-refractivity contribution is 0.134. The molecule has 1 aromatic rings. The molecule has 0 aliphatic carbocycles. The second-order valence-electron chi connectivity index (χ2n) is 5.07. The molecule has 1 aromatic heterocycles. The fourth-order valence-electron chi connectivity index (χ4n) is 2.46. The van der Waals surface area contributed by atoms with Crippen molar-refractivity contribution in [3.63, 3.8) is 0 Å². The van der Waals surface area contributed by atoms with Crippen LogP contribution in [0.3, 0.4) is 0 Å². The third kappa shape index (κ3) is 4.41. The monoisotopic (exact) mass is 249 g/mol. The summed E-state index contributed by atoms with van der Waals surface area (Å²) in [5.74, 6) is 0.617. The van der Waals surface area contributed by atoms with Crippen LogP contribution in [0.25, 0.3) is 0 Å². The molecule has 18 heavy (non-hydrogen) atoms. The predicted molar refractivity (Wildman–Crippen MR) is 76.5 cm³/mol. The fourth-order valence-corrected chi connectivity index (χ4v) is 2.46. The summed E-state index contributed by atoms with van der Waals surface area (Å²) in [6.45, 7) is 6.55. The van der Waals surface area contributed by atoms with Gasteiger partial charge >= 0.3 is 0 Å². The summed E-state index contributed by atoms with van der Waals surface area (Å²) in [4.78, 5) is 4.37. The van der Waals surface area contributed by atoms with Crippen molar-refractivity contribution in [1.82, 2.24) is 4.98 Å². The van der Waals surface area contributed by atoms with Gasteiger partial charge in [0.05, 0.1) is 11.8 Å². The van der Waals surface area contributed by atoms with E-state index in [2.05, 4.69) is 31.8 Å². The number of unbranched alkanes of at least 4 members (excludes halogenated alkanes) is 1. The van der Waals surface area contributed by atoms with Crippen LogP contribution in [0, 0.1) is 5.92 Å². The van der Waals surface area contributed by atoms with Gasteiger partial charge in [0.1, 0.15) is 0 Å². The normalized spacial score (nSPS) is 14.4. The number of nitrogens with zero attached hydrogens (tertiary/aromatic N) is 1. The summed E-state index contributed by atoms with van der Waals surface area (Å²) in [5.41, 5.74) is 2.06. The maximum Gasteiger partial charge on any atom is 0.0965 e. The zero-order valence-electron chi connectivity index (χ0n) is 12.0. The highest BCUT2D eigenvalue weighted by molar-refractivity contribution is 5.21. The first-order valence-corrected chi connectivity index (χ1v) is 7.34. The first kappa shape index (κ1) is 15.2. The molecule has 0 saturated carbocycles. The number of aliphatic hydroxyl groups is 1. The van der Waals surface area contributed by atoms with Gasteiger partial charge in [0.2, 0.25) is 0 Å². The molecule has 0 spiro atoms. The molecule has 1 N–H and O–H groups in total. The number of hydrogen-bond acceptors (Lipinski definition) is 2. The standard InChI is InChI=1S/C16H27NO/c1-4-7-9-13(5-2)12-15(18)16-14(6-3)10-8-11-17-16/h8,10-11,13,15,18H,4-7,9,12H2,1-3H3. The van der Waals surface area contributed by atoms with Crippen LogP contribution in [0.1, 0.15) is 70.2 Å². The van der Waals surface area contributed by atoms with Gasteiger partial charge in [0.15, 0.2) is 0 Å². The predicted octanol–water partition coefficient (Wildman–Crippen LogP) is 4.28. The van der Waals surface area contributed by atoms with Gasteiger partial charge in [-0.15, -0.1) is 0 Å². The minimum absolute atomic E-state index is 0.400. The molecular formula is C16H27NO. The zero-order valence-corrected chi connectivity index (χ0v) is 12.0. The van der Waals surface area contributed by atoms with Crippen molar-refractivity contribution in [3.8, 4) is 0 Å². The first-order valence-electron chi connectivity index (χ1n) is 7.34. The molecule has 0 amide bonds. The summed E-state index contributed by atoms with van der Waals surface area (Å²) in [6, 6.07) is 4.02. The van der Waals surface area contributed by atoms with Crippen LogP contribution >= 0.6 is 0 Å². The molecule has 2 nitrogen and oxygen atoms in total. The number of aliphatic hydroxyl groups excluding tert-OH is 1. The highest BCUT2D eigenvalue weighted by atomic mass is 16.3. The molecule has 0 radical (unpaired) electrons. The summed E-state index contributed by atoms with van der Waals surface area (Å²) in [5, 5.41) is 10.4. The lowest BCUT2D eigenvalue weighted by atomic mass is 9.91. The summed E-state index contributed by atoms with van der Waals surface area (Å²) >= 11 is 0. The van der Waals surface area contributed by atoms with Crippen molar-refractivity contribution >= 4 is 0 Å². The van der Waals surface area contributed by atoms with Crippen LogP contribution in [0.4, 0.5) is 0 Å². The van der Waals surface area contributed by atoms with Gasteiger partial charge in [-0.2, -0.15) is 0 Å². The molecule has 1 heterocycles. The molecule has 1 rings (SSSR count). The minimum atomic E-state index is -0.400. The number of aromatic nitrogens is 1. The molecular weight excluding hydrogens is 222 g/mol. The smallest absolute Gasteiger partial charge is 0.0965 e. The van der Waals surface area contributed by atoms with Gasteiger partial charge < -0.3 is 5.11 Å². The van der Waals surface area contributed by atoms with E-state index >= 15 is 0 Å². The third-order valence-corrected chi connectivity index (χ3v) is 3.72. The second kappa shape index (κ2) is 8.25. The van der Waals surface area contributed by atoms with Gasteiger partial charge in [0, 0.05) is 6.20 Å². The van der Waals surface area contributed by atoms with Crippen LogP contribution in [0.15, 0.2) is 18.3 Å². The Bertz CT molecular complexity index is 338. The Morgan fingerprint density at radius 1 is 1.28 bits per heavy atom. The average Bonchev–Trinajstić information content (AvgIpc) is 2.43. The molecule has 0 bridgehead atoms. The van der Waals surface area contributed by atoms with E-state index in [1.807, 2.05) is 6.07 Å². The summed E-state index contributed by atoms with van der Waals surface area (Å²) < 4.78 is 0. The Morgan fingerprint density at radius 2 is 2.06 bits per heavy atom. The van der Waals surface area contributed by atoms with Gasteiger partial charge in [0.25, 0.3) is 0 Å². The molecule has 2 heteroatoms. The molecule has 2 unspecified atom stereocenters. The van der Waals surface area contributed by atoms with Gasteiger partial charge in [-0.3, -0.25) is 4.98 Å². The Kier molecular flexibility index (Phi) is 6.96. The average molecular weight is 249 g/mol. The fraction of sp³-hybridized carbons (Fsp3) is 0.688. The van der Waals surface area contributed by atoms with Crippen molar-refractivity contribution in [2.45, 2.75) is 65.4 Å². The largest absolute Gasteiger partial charge is 0.387 e. The van der Waals surface area contributed by atoms with Crippen LogP contribution in [-0.4, -0.2) is 10.1 Å². The quantitative estimate of drug-likeness (QED) is 0.745. The molecule has 0 aliphatic rings. The maximum absolute atomic E-state index is 10.4. The van der Waals surface area contributed by atoms with E-state index in [0.29, 0.717) is 5.92 Å². The van der Waals surface area contributed by atoms with E-state index in [-0.39, 0.29) is 0 Å². The van der Waals surface area contributed by atoms with Gasteiger partial charge in [-0.25, -0.2) is 0 Å². The Morgan fingerprint density at radius 3 is 2.67 bits per heavy atom. The van der Waals surface area contributed by atoms with Crippen LogP contribution in [0.5, 0.6) is 0 Å². The van der Waals surface area contributed by atoms with E-state index in [4.69, 9.17) is 0 Å². The SMILES string of the molecule is CCCCC(CC)CC(O)c1ncccc1CC. The van der Waals surface area contributed by atoms with Crippen molar-refractivity contribution in [1.29, 1.82) is 0 Å². The Labute approximate surface area is 111 Å². The van der Waals surface area contributed by atoms with E-state index < -0.39 is 6.10 Å². The van der Waals surface area contributed by atoms with Crippen molar-refractivity contribution in [3.05, 3.63) is 29.6 Å². The van der Waals surface area contributed by atoms with Crippen LogP contribution in [-0.2, 0) is 6.42 Å². The number of hydrogen-bond donors (Lipinski definition) is 1. The highest BCUT2D eigenvalue weighted by Gasteiger charge is 2.17. The van der Waals surface area contributed by atoms with Crippen molar-refractivity contribution in [2.75, 3.05) is 0 Å². The van der Waals surface area contributed by atoms with Gasteiger partial charge in [-0.05, 0) is 30.4 Å². The Hall–Kier alpha value is -0.890. The lowest BCUT2D eigenvalue weighted by Gasteiger charge is -2.20. The molecule has 0 fully saturated rings. The number of rotatable bonds is 8. The topological polar surface area (TPSA) is 33.1 Å². The molecule has 0 saturated heterocycles. The maximum atomic E-state index is 10.4. The Balaban J connectivity index is 2.65. The first-order chi connectivity index (χ1) is 8.72.